The van der Waals surface area contributed by atoms with Gasteiger partial charge in [-0.25, -0.2) is 0 Å². The number of fused-ring (bicyclic) bond motifs is 1. The molecule has 7 heteroatoms. The summed E-state index contributed by atoms with van der Waals surface area (Å²) in [4.78, 5) is 37.0. The lowest BCUT2D eigenvalue weighted by Gasteiger charge is -2.20. The standard InChI is InChI=1S/C20H21N3O4/c1-20(2)15-9-14(13(10-18(21)24)12-7-5-4-6-8-12)16(23(26)27)11-17(15)22(3)19(20)25/h4-9,11,13H,10H2,1-3H3,(H2,21,24). The van der Waals surface area contributed by atoms with E-state index in [4.69, 9.17) is 5.73 Å². The number of nitro benzene ring substituents is 1. The van der Waals surface area contributed by atoms with E-state index in [2.05, 4.69) is 0 Å². The summed E-state index contributed by atoms with van der Waals surface area (Å²) in [5.41, 5.74) is 6.88. The van der Waals surface area contributed by atoms with Gasteiger partial charge in [0.25, 0.3) is 5.69 Å². The van der Waals surface area contributed by atoms with Crippen molar-refractivity contribution in [2.24, 2.45) is 5.73 Å². The highest BCUT2D eigenvalue weighted by atomic mass is 16.6. The Balaban J connectivity index is 2.27. The molecule has 2 amide bonds. The average molecular weight is 367 g/mol. The highest BCUT2D eigenvalue weighted by Crippen LogP contribution is 2.46. The lowest BCUT2D eigenvalue weighted by Crippen LogP contribution is -2.33. The van der Waals surface area contributed by atoms with E-state index in [1.165, 1.54) is 11.0 Å². The van der Waals surface area contributed by atoms with Gasteiger partial charge in [-0.1, -0.05) is 30.3 Å². The molecule has 1 unspecified atom stereocenters. The number of carbonyl (C=O) groups excluding carboxylic acids is 2. The van der Waals surface area contributed by atoms with E-state index in [9.17, 15) is 19.7 Å². The molecule has 0 aromatic heterocycles. The fourth-order valence-electron chi connectivity index (χ4n) is 3.75. The van der Waals surface area contributed by atoms with Crippen molar-refractivity contribution in [3.8, 4) is 0 Å². The van der Waals surface area contributed by atoms with Gasteiger partial charge in [0.05, 0.1) is 16.0 Å². The smallest absolute Gasteiger partial charge is 0.275 e. The molecule has 0 saturated heterocycles. The number of benzene rings is 2. The summed E-state index contributed by atoms with van der Waals surface area (Å²) in [5, 5.41) is 11.8. The summed E-state index contributed by atoms with van der Waals surface area (Å²) in [6.45, 7) is 3.58. The van der Waals surface area contributed by atoms with Crippen LogP contribution in [0.25, 0.3) is 0 Å². The van der Waals surface area contributed by atoms with Crippen LogP contribution in [0.2, 0.25) is 0 Å². The number of nitrogens with two attached hydrogens (primary N) is 1. The third kappa shape index (κ3) is 3.05. The van der Waals surface area contributed by atoms with E-state index in [1.807, 2.05) is 30.3 Å². The maximum absolute atomic E-state index is 12.6. The monoisotopic (exact) mass is 367 g/mol. The lowest BCUT2D eigenvalue weighted by atomic mass is 9.81. The molecule has 27 heavy (non-hydrogen) atoms. The summed E-state index contributed by atoms with van der Waals surface area (Å²) < 4.78 is 0. The first kappa shape index (κ1) is 18.6. The van der Waals surface area contributed by atoms with Gasteiger partial charge in [0.1, 0.15) is 0 Å². The minimum atomic E-state index is -0.804. The minimum absolute atomic E-state index is 0.0617. The zero-order valence-corrected chi connectivity index (χ0v) is 15.4. The van der Waals surface area contributed by atoms with Crippen LogP contribution in [0.5, 0.6) is 0 Å². The van der Waals surface area contributed by atoms with Crippen LogP contribution in [-0.4, -0.2) is 23.8 Å². The van der Waals surface area contributed by atoms with Crippen LogP contribution < -0.4 is 10.6 Å². The molecule has 0 aliphatic carbocycles. The van der Waals surface area contributed by atoms with Crippen LogP contribution >= 0.6 is 0 Å². The number of likely N-dealkylation sites (N-methyl/N-ethyl adjacent to an activating group) is 1. The second-order valence-corrected chi connectivity index (χ2v) is 7.31. The Morgan fingerprint density at radius 2 is 1.89 bits per heavy atom. The van der Waals surface area contributed by atoms with Crippen LogP contribution in [0.3, 0.4) is 0 Å². The highest BCUT2D eigenvalue weighted by molar-refractivity contribution is 6.07. The summed E-state index contributed by atoms with van der Waals surface area (Å²) in [6, 6.07) is 12.2. The number of nitrogens with zero attached hydrogens (tertiary/aromatic N) is 2. The van der Waals surface area contributed by atoms with Crippen LogP contribution in [0, 0.1) is 10.1 Å². The van der Waals surface area contributed by atoms with Crippen molar-refractivity contribution in [2.45, 2.75) is 31.6 Å². The molecule has 3 rings (SSSR count). The molecule has 1 atom stereocenters. The highest BCUT2D eigenvalue weighted by Gasteiger charge is 2.44. The number of anilines is 1. The Morgan fingerprint density at radius 3 is 2.44 bits per heavy atom. The molecule has 2 N–H and O–H groups in total. The topological polar surface area (TPSA) is 107 Å². The molecule has 1 aliphatic rings. The van der Waals surface area contributed by atoms with Crippen molar-refractivity contribution in [1.29, 1.82) is 0 Å². The predicted molar refractivity (Wildman–Crippen MR) is 102 cm³/mol. The molecule has 2 aromatic rings. The van der Waals surface area contributed by atoms with E-state index >= 15 is 0 Å². The van der Waals surface area contributed by atoms with Crippen molar-refractivity contribution >= 4 is 23.2 Å². The lowest BCUT2D eigenvalue weighted by molar-refractivity contribution is -0.385. The Labute approximate surface area is 156 Å². The van der Waals surface area contributed by atoms with E-state index in [0.29, 0.717) is 16.8 Å². The van der Waals surface area contributed by atoms with Gasteiger partial charge < -0.3 is 10.6 Å². The van der Waals surface area contributed by atoms with E-state index in [0.717, 1.165) is 5.56 Å². The molecule has 0 radical (unpaired) electrons. The van der Waals surface area contributed by atoms with Gasteiger partial charge in [-0.3, -0.25) is 19.7 Å². The average Bonchev–Trinajstić information content (AvgIpc) is 2.79. The first-order valence-corrected chi connectivity index (χ1v) is 8.58. The molecule has 0 saturated carbocycles. The molecule has 1 aliphatic heterocycles. The van der Waals surface area contributed by atoms with Gasteiger partial charge >= 0.3 is 0 Å². The van der Waals surface area contributed by atoms with E-state index < -0.39 is 22.2 Å². The zero-order chi connectivity index (χ0) is 19.9. The van der Waals surface area contributed by atoms with Gasteiger partial charge in [-0.15, -0.1) is 0 Å². The van der Waals surface area contributed by atoms with Crippen LogP contribution in [-0.2, 0) is 15.0 Å². The predicted octanol–water partition coefficient (Wildman–Crippen LogP) is 2.86. The normalized spacial score (nSPS) is 16.1. The number of rotatable bonds is 5. The zero-order valence-electron chi connectivity index (χ0n) is 15.4. The number of amides is 2. The maximum atomic E-state index is 12.6. The van der Waals surface area contributed by atoms with Gasteiger partial charge in [0.15, 0.2) is 0 Å². The number of carbonyl (C=O) groups is 2. The Hall–Kier alpha value is -3.22. The third-order valence-electron chi connectivity index (χ3n) is 5.20. The summed E-state index contributed by atoms with van der Waals surface area (Å²) in [7, 11) is 1.61. The van der Waals surface area contributed by atoms with Crippen LogP contribution in [0.15, 0.2) is 42.5 Å². The van der Waals surface area contributed by atoms with Crippen molar-refractivity contribution in [2.75, 3.05) is 11.9 Å². The second kappa shape index (κ2) is 6.50. The molecular weight excluding hydrogens is 346 g/mol. The maximum Gasteiger partial charge on any atom is 0.275 e. The molecule has 2 aromatic carbocycles. The Kier molecular flexibility index (Phi) is 4.47. The third-order valence-corrected chi connectivity index (χ3v) is 5.20. The molecule has 7 nitrogen and oxygen atoms in total. The first-order chi connectivity index (χ1) is 12.6. The Bertz CT molecular complexity index is 938. The van der Waals surface area contributed by atoms with Crippen molar-refractivity contribution in [1.82, 2.24) is 0 Å². The molecular formula is C20H21N3O4. The second-order valence-electron chi connectivity index (χ2n) is 7.31. The Morgan fingerprint density at radius 1 is 1.26 bits per heavy atom. The SMILES string of the molecule is CN1C(=O)C(C)(C)c2cc(C(CC(N)=O)c3ccccc3)c([N+](=O)[O-])cc21. The van der Waals surface area contributed by atoms with Gasteiger partial charge in [0.2, 0.25) is 11.8 Å². The van der Waals surface area contributed by atoms with Crippen molar-refractivity contribution in [3.05, 3.63) is 69.3 Å². The van der Waals surface area contributed by atoms with E-state index in [1.54, 1.807) is 27.0 Å². The number of nitro groups is 1. The number of hydrogen-bond acceptors (Lipinski definition) is 4. The fraction of sp³-hybridized carbons (Fsp3) is 0.300. The number of hydrogen-bond donors (Lipinski definition) is 1. The van der Waals surface area contributed by atoms with Crippen LogP contribution in [0.1, 0.15) is 42.9 Å². The minimum Gasteiger partial charge on any atom is -0.370 e. The molecule has 1 heterocycles. The molecule has 140 valence electrons. The quantitative estimate of drug-likeness (QED) is 0.647. The summed E-state index contributed by atoms with van der Waals surface area (Å²) in [6.07, 6.45) is -0.0617. The van der Waals surface area contributed by atoms with Gasteiger partial charge in [-0.2, -0.15) is 0 Å². The fourth-order valence-corrected chi connectivity index (χ4v) is 3.75. The van der Waals surface area contributed by atoms with Gasteiger partial charge in [0, 0.05) is 31.0 Å². The summed E-state index contributed by atoms with van der Waals surface area (Å²) in [5.74, 6) is -1.24. The first-order valence-electron chi connectivity index (χ1n) is 8.58. The van der Waals surface area contributed by atoms with Gasteiger partial charge in [-0.05, 0) is 31.0 Å². The van der Waals surface area contributed by atoms with Crippen molar-refractivity contribution in [3.63, 3.8) is 0 Å². The van der Waals surface area contributed by atoms with E-state index in [-0.39, 0.29) is 18.0 Å². The number of primary amides is 1. The van der Waals surface area contributed by atoms with Crippen molar-refractivity contribution < 1.29 is 14.5 Å². The summed E-state index contributed by atoms with van der Waals surface area (Å²) >= 11 is 0. The molecule has 0 bridgehead atoms. The molecule has 0 spiro atoms. The van der Waals surface area contributed by atoms with Crippen LogP contribution in [0.4, 0.5) is 11.4 Å². The molecule has 0 fully saturated rings. The largest absolute Gasteiger partial charge is 0.370 e.